The highest BCUT2D eigenvalue weighted by atomic mass is 35.5. The Hall–Kier alpha value is -3.60. The van der Waals surface area contributed by atoms with Gasteiger partial charge in [-0.3, -0.25) is 4.79 Å². The molecule has 1 amide bonds. The van der Waals surface area contributed by atoms with Crippen LogP contribution in [0, 0.1) is 0 Å². The molecule has 1 aliphatic carbocycles. The van der Waals surface area contributed by atoms with E-state index in [1.807, 2.05) is 89.3 Å². The van der Waals surface area contributed by atoms with Crippen molar-refractivity contribution in [2.45, 2.75) is 54.9 Å². The zero-order valence-electron chi connectivity index (χ0n) is 26.3. The van der Waals surface area contributed by atoms with E-state index in [0.29, 0.717) is 51.4 Å². The Bertz CT molecular complexity index is 1400. The Kier molecular flexibility index (Phi) is 16.9. The summed E-state index contributed by atoms with van der Waals surface area (Å²) >= 11 is 13.0. The maximum absolute atomic E-state index is 13.3. The molecule has 42 heavy (non-hydrogen) atoms. The van der Waals surface area contributed by atoms with Gasteiger partial charge in [0.05, 0.1) is 22.0 Å². The third-order valence-electron chi connectivity index (χ3n) is 5.96. The molecule has 0 radical (unpaired) electrons. The summed E-state index contributed by atoms with van der Waals surface area (Å²) in [5, 5.41) is 1.02. The number of benzene rings is 1. The van der Waals surface area contributed by atoms with Crippen LogP contribution in [0.5, 0.6) is 0 Å². The van der Waals surface area contributed by atoms with E-state index in [1.165, 1.54) is 0 Å². The van der Waals surface area contributed by atoms with E-state index < -0.39 is 0 Å². The number of carbonyl (C=O) groups excluding carboxylic acids is 1. The summed E-state index contributed by atoms with van der Waals surface area (Å²) in [5.74, 6) is 0.427. The second-order valence-corrected chi connectivity index (χ2v) is 9.77. The van der Waals surface area contributed by atoms with Crippen LogP contribution in [0.4, 0.5) is 0 Å². The Balaban J connectivity index is 0.00000211. The zero-order chi connectivity index (χ0) is 31.7. The quantitative estimate of drug-likeness (QED) is 0.228. The van der Waals surface area contributed by atoms with Gasteiger partial charge in [0.25, 0.3) is 0 Å². The summed E-state index contributed by atoms with van der Waals surface area (Å²) in [6.07, 6.45) is 17.8. The van der Waals surface area contributed by atoms with Crippen LogP contribution in [-0.2, 0) is 4.79 Å². The fourth-order valence-corrected chi connectivity index (χ4v) is 4.62. The molecule has 2 aromatic rings. The first-order chi connectivity index (χ1) is 20.2. The predicted molar refractivity (Wildman–Crippen MR) is 186 cm³/mol. The lowest BCUT2D eigenvalue weighted by Crippen LogP contribution is -2.29. The lowest BCUT2D eigenvalue weighted by molar-refractivity contribution is -0.125. The highest BCUT2D eigenvalue weighted by molar-refractivity contribution is 6.42. The molecule has 1 aromatic carbocycles. The molecule has 0 aliphatic heterocycles. The maximum Gasteiger partial charge on any atom is 0.249 e. The summed E-state index contributed by atoms with van der Waals surface area (Å²) in [7, 11) is 1.80. The molecular weight excluding hydrogens is 561 g/mol. The Morgan fingerprint density at radius 1 is 1.12 bits per heavy atom. The molecule has 1 N–H and O–H groups in total. The highest BCUT2D eigenvalue weighted by Gasteiger charge is 2.19. The molecule has 0 saturated heterocycles. The monoisotopic (exact) mass is 605 g/mol. The van der Waals surface area contributed by atoms with Crippen molar-refractivity contribution < 1.29 is 4.79 Å². The standard InChI is InChI=1S/C32H33Cl2N3O.2C2H6/c1-6-8-14-24(19-22(3)25-15-10-9-11-16-25)21-37(5)32(38)23(4)20-29-28(7-2)35-31(36-29)30-26(33)17-12-13-18-27(30)34;2*1-2/h6-12,14-20H,2,13,21H2,1,3-5H3,(H,35,36);2*1-2H3/b8-6-,22-19+,23-20+,24-14+;;. The van der Waals surface area contributed by atoms with Gasteiger partial charge >= 0.3 is 0 Å². The van der Waals surface area contributed by atoms with E-state index in [1.54, 1.807) is 31.0 Å². The number of nitrogens with zero attached hydrogens (tertiary/aromatic N) is 2. The number of carbonyl (C=O) groups is 1. The van der Waals surface area contributed by atoms with Gasteiger partial charge in [-0.15, -0.1) is 0 Å². The van der Waals surface area contributed by atoms with Crippen molar-refractivity contribution in [1.29, 1.82) is 0 Å². The van der Waals surface area contributed by atoms with E-state index >= 15 is 0 Å². The third kappa shape index (κ3) is 10.7. The topological polar surface area (TPSA) is 49.0 Å². The second kappa shape index (κ2) is 19.5. The van der Waals surface area contributed by atoms with Crippen LogP contribution in [0.3, 0.4) is 0 Å². The van der Waals surface area contributed by atoms with Gasteiger partial charge in [0.15, 0.2) is 0 Å². The van der Waals surface area contributed by atoms with Crippen LogP contribution >= 0.6 is 23.2 Å². The van der Waals surface area contributed by atoms with Gasteiger partial charge < -0.3 is 9.88 Å². The number of hydrogen-bond donors (Lipinski definition) is 1. The summed E-state index contributed by atoms with van der Waals surface area (Å²) in [5.41, 5.74) is 5.74. The molecular formula is C36H45Cl2N3O. The van der Waals surface area contributed by atoms with Crippen LogP contribution in [0.25, 0.3) is 23.3 Å². The zero-order valence-corrected chi connectivity index (χ0v) is 27.8. The molecule has 1 heterocycles. The number of hydrogen-bond acceptors (Lipinski definition) is 2. The fourth-order valence-electron chi connectivity index (χ4n) is 4.01. The SMILES string of the molecule is C=Cc1nc(C2=C(Cl)C=CCC=C2Cl)[nH]c1/C=C(\C)C(=O)N(C)CC(=C/C=C\C)/C=C(\C)c1ccccc1.CC.CC. The van der Waals surface area contributed by atoms with Crippen molar-refractivity contribution in [3.63, 3.8) is 0 Å². The Morgan fingerprint density at radius 3 is 2.40 bits per heavy atom. The maximum atomic E-state index is 13.3. The smallest absolute Gasteiger partial charge is 0.249 e. The molecule has 224 valence electrons. The highest BCUT2D eigenvalue weighted by Crippen LogP contribution is 2.33. The molecule has 1 aliphatic rings. The van der Waals surface area contributed by atoms with Crippen LogP contribution in [-0.4, -0.2) is 34.4 Å². The number of halogens is 2. The molecule has 6 heteroatoms. The van der Waals surface area contributed by atoms with Crippen LogP contribution in [0.15, 0.2) is 101 Å². The van der Waals surface area contributed by atoms with E-state index in [0.717, 1.165) is 16.7 Å². The van der Waals surface area contributed by atoms with Crippen molar-refractivity contribution >= 4 is 52.4 Å². The number of rotatable bonds is 9. The normalized spacial score (nSPS) is 14.0. The van der Waals surface area contributed by atoms with Crippen molar-refractivity contribution in [3.05, 3.63) is 123 Å². The molecule has 3 rings (SSSR count). The number of amides is 1. The number of H-pyrrole nitrogens is 1. The molecule has 0 atom stereocenters. The van der Waals surface area contributed by atoms with E-state index in [9.17, 15) is 4.79 Å². The third-order valence-corrected chi connectivity index (χ3v) is 6.62. The van der Waals surface area contributed by atoms with Gasteiger partial charge in [-0.2, -0.15) is 0 Å². The molecule has 0 spiro atoms. The minimum atomic E-state index is -0.0964. The first kappa shape index (κ1) is 36.4. The molecule has 0 unspecified atom stereocenters. The van der Waals surface area contributed by atoms with Gasteiger partial charge in [-0.25, -0.2) is 4.98 Å². The van der Waals surface area contributed by atoms with Gasteiger partial charge in [0.2, 0.25) is 5.91 Å². The van der Waals surface area contributed by atoms with Gasteiger partial charge in [-0.1, -0.05) is 124 Å². The van der Waals surface area contributed by atoms with Crippen molar-refractivity contribution in [2.75, 3.05) is 13.6 Å². The molecule has 0 fully saturated rings. The second-order valence-electron chi connectivity index (χ2n) is 8.95. The first-order valence-corrected chi connectivity index (χ1v) is 15.1. The molecule has 0 bridgehead atoms. The number of nitrogens with one attached hydrogen (secondary N) is 1. The van der Waals surface area contributed by atoms with E-state index in [2.05, 4.69) is 41.7 Å². The summed E-state index contributed by atoms with van der Waals surface area (Å²) in [6, 6.07) is 10.2. The lowest BCUT2D eigenvalue weighted by atomic mass is 10.0. The van der Waals surface area contributed by atoms with Gasteiger partial charge in [0.1, 0.15) is 5.82 Å². The van der Waals surface area contributed by atoms with Crippen molar-refractivity contribution in [1.82, 2.24) is 14.9 Å². The number of allylic oxidation sites excluding steroid dienone is 10. The number of likely N-dealkylation sites (N-methyl/N-ethyl adjacent to an activating group) is 1. The largest absolute Gasteiger partial charge is 0.338 e. The number of imidazole rings is 1. The van der Waals surface area contributed by atoms with Gasteiger partial charge in [-0.05, 0) is 62.1 Å². The van der Waals surface area contributed by atoms with E-state index in [4.69, 9.17) is 23.2 Å². The fraction of sp³-hybridized carbons (Fsp3) is 0.278. The molecule has 1 aromatic heterocycles. The minimum Gasteiger partial charge on any atom is -0.338 e. The van der Waals surface area contributed by atoms with Gasteiger partial charge in [0, 0.05) is 24.2 Å². The summed E-state index contributed by atoms with van der Waals surface area (Å²) < 4.78 is 0. The molecule has 4 nitrogen and oxygen atoms in total. The number of aromatic amines is 1. The summed E-state index contributed by atoms with van der Waals surface area (Å²) in [4.78, 5) is 22.9. The summed E-state index contributed by atoms with van der Waals surface area (Å²) in [6.45, 7) is 18.2. The van der Waals surface area contributed by atoms with Crippen molar-refractivity contribution in [3.8, 4) is 0 Å². The predicted octanol–water partition coefficient (Wildman–Crippen LogP) is 10.6. The molecule has 0 saturated carbocycles. The van der Waals surface area contributed by atoms with Crippen LogP contribution in [0.2, 0.25) is 0 Å². The minimum absolute atomic E-state index is 0.0964. The average molecular weight is 607 g/mol. The Labute approximate surface area is 263 Å². The first-order valence-electron chi connectivity index (χ1n) is 14.4. The van der Waals surface area contributed by atoms with Crippen LogP contribution < -0.4 is 0 Å². The number of aromatic nitrogens is 2. The van der Waals surface area contributed by atoms with Crippen LogP contribution in [0.1, 0.15) is 77.7 Å². The van der Waals surface area contributed by atoms with Crippen molar-refractivity contribution in [2.24, 2.45) is 0 Å². The average Bonchev–Trinajstić information content (AvgIpc) is 3.33. The van der Waals surface area contributed by atoms with E-state index in [-0.39, 0.29) is 5.91 Å². The Morgan fingerprint density at radius 2 is 1.79 bits per heavy atom. The lowest BCUT2D eigenvalue weighted by Gasteiger charge is -2.19.